The Morgan fingerprint density at radius 2 is 1.85 bits per heavy atom. The molecule has 4 rings (SSSR count). The molecule has 1 N–H and O–H groups in total. The number of anilines is 1. The maximum Gasteiger partial charge on any atom is 0.420 e. The van der Waals surface area contributed by atoms with E-state index in [9.17, 15) is 21.6 Å². The topological polar surface area (TPSA) is 111 Å². The van der Waals surface area contributed by atoms with Crippen LogP contribution in [0.5, 0.6) is 0 Å². The Kier molecular flexibility index (Phi) is 5.90. The Labute approximate surface area is 188 Å². The minimum Gasteiger partial charge on any atom is -0.351 e. The fraction of sp³-hybridized carbons (Fsp3) is 0.474. The number of aryl methyl sites for hydroxylation is 2. The molecular weight excluding hydrogens is 461 g/mol. The zero-order valence-electron chi connectivity index (χ0n) is 18.2. The number of sulfonamides is 1. The normalized spacial score (nSPS) is 16.3. The molecule has 14 heteroatoms. The van der Waals surface area contributed by atoms with Crippen molar-refractivity contribution in [1.29, 1.82) is 0 Å². The highest BCUT2D eigenvalue weighted by molar-refractivity contribution is 7.88. The van der Waals surface area contributed by atoms with Gasteiger partial charge in [0.05, 0.1) is 17.6 Å². The average molecular weight is 485 g/mol. The van der Waals surface area contributed by atoms with Crippen LogP contribution in [0.25, 0.3) is 17.1 Å². The first kappa shape index (κ1) is 23.2. The van der Waals surface area contributed by atoms with Gasteiger partial charge in [-0.25, -0.2) is 27.7 Å². The molecule has 0 bridgehead atoms. The lowest BCUT2D eigenvalue weighted by molar-refractivity contribution is -0.137. The second kappa shape index (κ2) is 8.41. The van der Waals surface area contributed by atoms with Crippen LogP contribution in [0.1, 0.15) is 24.1 Å². The van der Waals surface area contributed by atoms with Crippen molar-refractivity contribution in [3.05, 3.63) is 36.2 Å². The first-order chi connectivity index (χ1) is 15.4. The van der Waals surface area contributed by atoms with E-state index in [1.54, 1.807) is 29.4 Å². The number of rotatable bonds is 5. The predicted molar refractivity (Wildman–Crippen MR) is 114 cm³/mol. The van der Waals surface area contributed by atoms with Gasteiger partial charge in [0.1, 0.15) is 23.3 Å². The number of hydrogen-bond donors (Lipinski definition) is 1. The predicted octanol–water partition coefficient (Wildman–Crippen LogP) is 2.23. The van der Waals surface area contributed by atoms with Crippen LogP contribution in [0.4, 0.5) is 19.1 Å². The molecule has 0 aliphatic carbocycles. The molecule has 10 nitrogen and oxygen atoms in total. The molecule has 0 amide bonds. The van der Waals surface area contributed by atoms with Gasteiger partial charge in [0.15, 0.2) is 0 Å². The monoisotopic (exact) mass is 484 g/mol. The van der Waals surface area contributed by atoms with E-state index in [1.165, 1.54) is 16.8 Å². The van der Waals surface area contributed by atoms with Crippen LogP contribution < -0.4 is 5.32 Å². The van der Waals surface area contributed by atoms with Crippen molar-refractivity contribution in [3.8, 4) is 17.1 Å². The number of alkyl halides is 3. The highest BCUT2D eigenvalue weighted by Crippen LogP contribution is 2.36. The van der Waals surface area contributed by atoms with Gasteiger partial charge in [-0.05, 0) is 19.8 Å². The van der Waals surface area contributed by atoms with Gasteiger partial charge in [-0.15, -0.1) is 0 Å². The van der Waals surface area contributed by atoms with Gasteiger partial charge < -0.3 is 9.88 Å². The molecule has 0 radical (unpaired) electrons. The second-order valence-electron chi connectivity index (χ2n) is 7.97. The van der Waals surface area contributed by atoms with Crippen molar-refractivity contribution in [3.63, 3.8) is 0 Å². The molecule has 1 saturated heterocycles. The molecule has 33 heavy (non-hydrogen) atoms. The number of aromatic nitrogens is 6. The molecule has 0 atom stereocenters. The summed E-state index contributed by atoms with van der Waals surface area (Å²) in [5, 5.41) is 7.27. The molecule has 178 valence electrons. The molecular formula is C19H23F3N8O2S. The van der Waals surface area contributed by atoms with Gasteiger partial charge in [-0.3, -0.25) is 4.68 Å². The van der Waals surface area contributed by atoms with Crippen molar-refractivity contribution in [2.45, 2.75) is 32.0 Å². The Bertz CT molecular complexity index is 1260. The molecule has 1 fully saturated rings. The van der Waals surface area contributed by atoms with Crippen LogP contribution in [0.2, 0.25) is 0 Å². The molecule has 1 aliphatic heterocycles. The SMILES string of the molecule is Cc1nn(C)cc1-n1cnc(-c2nc(NC3CCN(S(C)(=O)=O)CC3)ncc2C(F)(F)F)c1. The first-order valence-corrected chi connectivity index (χ1v) is 12.0. The van der Waals surface area contributed by atoms with Crippen molar-refractivity contribution in [2.75, 3.05) is 24.7 Å². The Morgan fingerprint density at radius 3 is 2.42 bits per heavy atom. The maximum absolute atomic E-state index is 13.7. The molecule has 1 aliphatic rings. The summed E-state index contributed by atoms with van der Waals surface area (Å²) in [6.07, 6.45) is 2.82. The quantitative estimate of drug-likeness (QED) is 0.591. The number of piperidine rings is 1. The standard InChI is InChI=1S/C19H23F3N8O2S/c1-12-16(10-28(2)27-12)29-9-15(24-11-29)17-14(19(20,21)22)8-23-18(26-17)25-13-4-6-30(7-5-13)33(3,31)32/h8-11,13H,4-7H2,1-3H3,(H,23,25,26). The fourth-order valence-corrected chi connectivity index (χ4v) is 4.66. The van der Waals surface area contributed by atoms with Crippen molar-refractivity contribution >= 4 is 16.0 Å². The highest BCUT2D eigenvalue weighted by atomic mass is 32.2. The molecule has 0 saturated carbocycles. The zero-order valence-corrected chi connectivity index (χ0v) is 19.0. The van der Waals surface area contributed by atoms with Gasteiger partial charge in [-0.2, -0.15) is 18.3 Å². The van der Waals surface area contributed by atoms with Gasteiger partial charge >= 0.3 is 6.18 Å². The summed E-state index contributed by atoms with van der Waals surface area (Å²) in [5.74, 6) is 0.0305. The largest absolute Gasteiger partial charge is 0.420 e. The second-order valence-corrected chi connectivity index (χ2v) is 9.96. The zero-order chi connectivity index (χ0) is 24.0. The van der Waals surface area contributed by atoms with Crippen molar-refractivity contribution in [2.24, 2.45) is 7.05 Å². The number of halogens is 3. The number of hydrogen-bond acceptors (Lipinski definition) is 7. The Morgan fingerprint density at radius 1 is 1.15 bits per heavy atom. The summed E-state index contributed by atoms with van der Waals surface area (Å²) < 4.78 is 68.9. The number of nitrogens with one attached hydrogen (secondary N) is 1. The third-order valence-corrected chi connectivity index (χ3v) is 6.74. The van der Waals surface area contributed by atoms with E-state index in [0.717, 1.165) is 12.5 Å². The third kappa shape index (κ3) is 5.00. The third-order valence-electron chi connectivity index (χ3n) is 5.44. The maximum atomic E-state index is 13.7. The van der Waals surface area contributed by atoms with Crippen LogP contribution in [-0.2, 0) is 23.2 Å². The molecule has 0 unspecified atom stereocenters. The van der Waals surface area contributed by atoms with E-state index in [1.807, 2.05) is 0 Å². The van der Waals surface area contributed by atoms with Gasteiger partial charge in [0.2, 0.25) is 16.0 Å². The fourth-order valence-electron chi connectivity index (χ4n) is 3.79. The minimum atomic E-state index is -4.66. The van der Waals surface area contributed by atoms with E-state index in [0.29, 0.717) is 37.3 Å². The van der Waals surface area contributed by atoms with Crippen LogP contribution in [0.3, 0.4) is 0 Å². The van der Waals surface area contributed by atoms with E-state index in [4.69, 9.17) is 0 Å². The van der Waals surface area contributed by atoms with Crippen molar-refractivity contribution in [1.82, 2.24) is 33.6 Å². The summed E-state index contributed by atoms with van der Waals surface area (Å²) >= 11 is 0. The molecule has 0 spiro atoms. The smallest absolute Gasteiger partial charge is 0.351 e. The lowest BCUT2D eigenvalue weighted by Gasteiger charge is -2.30. The summed E-state index contributed by atoms with van der Waals surface area (Å²) in [7, 11) is -1.53. The summed E-state index contributed by atoms with van der Waals surface area (Å²) in [6, 6.07) is -0.164. The van der Waals surface area contributed by atoms with Crippen LogP contribution in [-0.4, -0.2) is 67.4 Å². The molecule has 3 aromatic rings. The minimum absolute atomic E-state index is 0.0305. The van der Waals surface area contributed by atoms with E-state index in [-0.39, 0.29) is 23.4 Å². The molecule has 4 heterocycles. The van der Waals surface area contributed by atoms with Crippen molar-refractivity contribution < 1.29 is 21.6 Å². The number of imidazole rings is 1. The lowest BCUT2D eigenvalue weighted by atomic mass is 10.1. The average Bonchev–Trinajstić information content (AvgIpc) is 3.33. The van der Waals surface area contributed by atoms with Gasteiger partial charge in [0.25, 0.3) is 0 Å². The van der Waals surface area contributed by atoms with E-state index in [2.05, 4.69) is 25.4 Å². The highest BCUT2D eigenvalue weighted by Gasteiger charge is 2.36. The number of nitrogens with zero attached hydrogens (tertiary/aromatic N) is 7. The van der Waals surface area contributed by atoms with Crippen LogP contribution in [0.15, 0.2) is 24.9 Å². The molecule has 3 aromatic heterocycles. The van der Waals surface area contributed by atoms with E-state index < -0.39 is 21.8 Å². The van der Waals surface area contributed by atoms with Crippen LogP contribution in [0, 0.1) is 6.92 Å². The summed E-state index contributed by atoms with van der Waals surface area (Å²) in [6.45, 7) is 2.43. The van der Waals surface area contributed by atoms with Gasteiger partial charge in [0, 0.05) is 44.8 Å². The summed E-state index contributed by atoms with van der Waals surface area (Å²) in [4.78, 5) is 12.1. The summed E-state index contributed by atoms with van der Waals surface area (Å²) in [5.41, 5.74) is 0.0997. The lowest BCUT2D eigenvalue weighted by Crippen LogP contribution is -2.42. The Balaban J connectivity index is 1.61. The molecule has 0 aromatic carbocycles. The van der Waals surface area contributed by atoms with E-state index >= 15 is 0 Å². The first-order valence-electron chi connectivity index (χ1n) is 10.1. The van der Waals surface area contributed by atoms with Crippen LogP contribution >= 0.6 is 0 Å². The Hall–Kier alpha value is -3.00. The van der Waals surface area contributed by atoms with Gasteiger partial charge in [-0.1, -0.05) is 0 Å².